The molecule has 0 saturated carbocycles. The van der Waals surface area contributed by atoms with Gasteiger partial charge in [-0.2, -0.15) is 8.78 Å². The molecule has 0 aliphatic carbocycles. The number of hydrogen-bond donors (Lipinski definition) is 2. The van der Waals surface area contributed by atoms with Gasteiger partial charge in [-0.3, -0.25) is 4.79 Å². The highest BCUT2D eigenvalue weighted by Gasteiger charge is 2.14. The standard InChI is InChI=1S/C16H22F2N2O2.ClH/c17-16(18)22-14-6-2-1-5-13(14)10-15(21)20-9-7-12-4-3-8-19-11-12;/h1-2,5-6,12,16,19H,3-4,7-11H2,(H,20,21);1H. The Morgan fingerprint density at radius 1 is 1.39 bits per heavy atom. The second kappa shape index (κ2) is 10.4. The number of piperidine rings is 1. The van der Waals surface area contributed by atoms with Crippen molar-refractivity contribution in [2.24, 2.45) is 5.92 Å². The largest absolute Gasteiger partial charge is 0.435 e. The fourth-order valence-electron chi connectivity index (χ4n) is 2.68. The number of benzene rings is 1. The lowest BCUT2D eigenvalue weighted by Crippen LogP contribution is -2.33. The first kappa shape index (κ1) is 19.6. The van der Waals surface area contributed by atoms with E-state index in [0.717, 1.165) is 19.5 Å². The molecule has 0 radical (unpaired) electrons. The molecule has 1 aliphatic rings. The minimum absolute atomic E-state index is 0. The smallest absolute Gasteiger partial charge is 0.387 e. The average Bonchev–Trinajstić information content (AvgIpc) is 2.50. The van der Waals surface area contributed by atoms with Gasteiger partial charge >= 0.3 is 6.61 Å². The van der Waals surface area contributed by atoms with Crippen LogP contribution in [0.5, 0.6) is 5.75 Å². The van der Waals surface area contributed by atoms with Gasteiger partial charge in [0.2, 0.25) is 5.91 Å². The molecule has 2 N–H and O–H groups in total. The first-order valence-corrected chi connectivity index (χ1v) is 7.65. The van der Waals surface area contributed by atoms with Gasteiger partial charge in [-0.25, -0.2) is 0 Å². The van der Waals surface area contributed by atoms with Crippen molar-refractivity contribution < 1.29 is 18.3 Å². The van der Waals surface area contributed by atoms with Crippen LogP contribution in [0.25, 0.3) is 0 Å². The Kier molecular flexibility index (Phi) is 8.87. The Morgan fingerprint density at radius 2 is 2.17 bits per heavy atom. The number of rotatable bonds is 7. The van der Waals surface area contributed by atoms with Crippen LogP contribution in [0, 0.1) is 5.92 Å². The second-order valence-corrected chi connectivity index (χ2v) is 5.51. The maximum Gasteiger partial charge on any atom is 0.387 e. The highest BCUT2D eigenvalue weighted by atomic mass is 35.5. The van der Waals surface area contributed by atoms with Gasteiger partial charge in [0, 0.05) is 12.1 Å². The summed E-state index contributed by atoms with van der Waals surface area (Å²) < 4.78 is 29.1. The second-order valence-electron chi connectivity index (χ2n) is 5.51. The molecule has 23 heavy (non-hydrogen) atoms. The van der Waals surface area contributed by atoms with Gasteiger partial charge in [-0.05, 0) is 44.3 Å². The summed E-state index contributed by atoms with van der Waals surface area (Å²) in [5.74, 6) is 0.488. The van der Waals surface area contributed by atoms with Gasteiger partial charge in [0.1, 0.15) is 5.75 Å². The minimum Gasteiger partial charge on any atom is -0.435 e. The molecule has 130 valence electrons. The molecule has 0 bridgehead atoms. The molecule has 1 unspecified atom stereocenters. The molecule has 1 aromatic carbocycles. The predicted molar refractivity (Wildman–Crippen MR) is 87.2 cm³/mol. The number of para-hydroxylation sites is 1. The number of carbonyl (C=O) groups is 1. The summed E-state index contributed by atoms with van der Waals surface area (Å²) in [6, 6.07) is 6.38. The summed E-state index contributed by atoms with van der Waals surface area (Å²) in [6.45, 7) is -0.198. The van der Waals surface area contributed by atoms with Gasteiger partial charge in [-0.15, -0.1) is 12.4 Å². The van der Waals surface area contributed by atoms with Crippen LogP contribution < -0.4 is 15.4 Å². The van der Waals surface area contributed by atoms with Gasteiger partial charge < -0.3 is 15.4 Å². The van der Waals surface area contributed by atoms with E-state index in [1.807, 2.05) is 0 Å². The van der Waals surface area contributed by atoms with Gasteiger partial charge in [-0.1, -0.05) is 18.2 Å². The first-order valence-electron chi connectivity index (χ1n) is 7.65. The number of ether oxygens (including phenoxy) is 1. The van der Waals surface area contributed by atoms with E-state index in [4.69, 9.17) is 0 Å². The molecular formula is C16H23ClF2N2O2. The molecule has 1 saturated heterocycles. The third-order valence-electron chi connectivity index (χ3n) is 3.81. The summed E-state index contributed by atoms with van der Waals surface area (Å²) in [5.41, 5.74) is 0.472. The van der Waals surface area contributed by atoms with E-state index in [-0.39, 0.29) is 30.5 Å². The minimum atomic E-state index is -2.89. The maximum absolute atomic E-state index is 12.3. The van der Waals surface area contributed by atoms with E-state index < -0.39 is 6.61 Å². The molecule has 4 nitrogen and oxygen atoms in total. The molecule has 1 atom stereocenters. The quantitative estimate of drug-likeness (QED) is 0.796. The van der Waals surface area contributed by atoms with Crippen LogP contribution in [-0.2, 0) is 11.2 Å². The molecule has 1 aliphatic heterocycles. The van der Waals surface area contributed by atoms with Crippen molar-refractivity contribution in [2.45, 2.75) is 32.3 Å². The van der Waals surface area contributed by atoms with Crippen molar-refractivity contribution in [2.75, 3.05) is 19.6 Å². The Bertz CT molecular complexity index is 483. The van der Waals surface area contributed by atoms with E-state index in [0.29, 0.717) is 18.0 Å². The zero-order chi connectivity index (χ0) is 15.8. The van der Waals surface area contributed by atoms with E-state index >= 15 is 0 Å². The van der Waals surface area contributed by atoms with Crippen molar-refractivity contribution in [3.8, 4) is 5.75 Å². The topological polar surface area (TPSA) is 50.4 Å². The van der Waals surface area contributed by atoms with E-state index in [2.05, 4.69) is 15.4 Å². The lowest BCUT2D eigenvalue weighted by molar-refractivity contribution is -0.120. The van der Waals surface area contributed by atoms with Crippen molar-refractivity contribution in [1.82, 2.24) is 10.6 Å². The van der Waals surface area contributed by atoms with Crippen LogP contribution in [-0.4, -0.2) is 32.2 Å². The molecule has 7 heteroatoms. The fraction of sp³-hybridized carbons (Fsp3) is 0.562. The summed E-state index contributed by atoms with van der Waals surface area (Å²) in [7, 11) is 0. The molecule has 1 fully saturated rings. The monoisotopic (exact) mass is 348 g/mol. The van der Waals surface area contributed by atoms with Gasteiger partial charge in [0.25, 0.3) is 0 Å². The number of carbonyl (C=O) groups excluding carboxylic acids is 1. The van der Waals surface area contributed by atoms with Crippen LogP contribution in [0.15, 0.2) is 24.3 Å². The number of nitrogens with one attached hydrogen (secondary N) is 2. The molecular weight excluding hydrogens is 326 g/mol. The van der Waals surface area contributed by atoms with E-state index in [9.17, 15) is 13.6 Å². The van der Waals surface area contributed by atoms with E-state index in [1.54, 1.807) is 18.2 Å². The van der Waals surface area contributed by atoms with Crippen LogP contribution in [0.4, 0.5) is 8.78 Å². The highest BCUT2D eigenvalue weighted by molar-refractivity contribution is 5.85. The number of amides is 1. The Labute approximate surface area is 141 Å². The van der Waals surface area contributed by atoms with Crippen molar-refractivity contribution >= 4 is 18.3 Å². The first-order chi connectivity index (χ1) is 10.6. The van der Waals surface area contributed by atoms with Crippen LogP contribution in [0.3, 0.4) is 0 Å². The highest BCUT2D eigenvalue weighted by Crippen LogP contribution is 2.20. The molecule has 1 amide bonds. The van der Waals surface area contributed by atoms with Crippen molar-refractivity contribution in [3.63, 3.8) is 0 Å². The summed E-state index contributed by atoms with van der Waals surface area (Å²) in [5, 5.41) is 6.19. The summed E-state index contributed by atoms with van der Waals surface area (Å²) in [4.78, 5) is 11.9. The Hall–Kier alpha value is -1.40. The average molecular weight is 349 g/mol. The Morgan fingerprint density at radius 3 is 2.87 bits per heavy atom. The van der Waals surface area contributed by atoms with Crippen LogP contribution >= 0.6 is 12.4 Å². The van der Waals surface area contributed by atoms with E-state index in [1.165, 1.54) is 18.9 Å². The van der Waals surface area contributed by atoms with Gasteiger partial charge in [0.05, 0.1) is 6.42 Å². The number of alkyl halides is 2. The zero-order valence-corrected chi connectivity index (χ0v) is 13.7. The molecule has 2 rings (SSSR count). The van der Waals surface area contributed by atoms with Crippen LogP contribution in [0.1, 0.15) is 24.8 Å². The third-order valence-corrected chi connectivity index (χ3v) is 3.81. The predicted octanol–water partition coefficient (Wildman–Crippen LogP) is 2.76. The number of hydrogen-bond acceptors (Lipinski definition) is 3. The summed E-state index contributed by atoms with van der Waals surface area (Å²) >= 11 is 0. The van der Waals surface area contributed by atoms with Gasteiger partial charge in [0.15, 0.2) is 0 Å². The lowest BCUT2D eigenvalue weighted by Gasteiger charge is -2.22. The SMILES string of the molecule is Cl.O=C(Cc1ccccc1OC(F)F)NCCC1CCCNC1. The molecule has 0 spiro atoms. The zero-order valence-electron chi connectivity index (χ0n) is 12.9. The maximum atomic E-state index is 12.3. The van der Waals surface area contributed by atoms with Crippen LogP contribution in [0.2, 0.25) is 0 Å². The third kappa shape index (κ3) is 7.14. The fourth-order valence-corrected chi connectivity index (χ4v) is 2.68. The number of halogens is 3. The lowest BCUT2D eigenvalue weighted by atomic mass is 9.96. The summed E-state index contributed by atoms with van der Waals surface area (Å²) in [6.07, 6.45) is 3.35. The van der Waals surface area contributed by atoms with Crippen molar-refractivity contribution in [1.29, 1.82) is 0 Å². The molecule has 1 heterocycles. The molecule has 1 aromatic rings. The van der Waals surface area contributed by atoms with Crippen molar-refractivity contribution in [3.05, 3.63) is 29.8 Å². The normalized spacial score (nSPS) is 17.4. The molecule has 0 aromatic heterocycles. The Balaban J connectivity index is 0.00000264.